The summed E-state index contributed by atoms with van der Waals surface area (Å²) < 4.78 is 1.89. The molecule has 0 saturated heterocycles. The fraction of sp³-hybridized carbons (Fsp3) is 0.438. The van der Waals surface area contributed by atoms with Crippen LogP contribution < -0.4 is 10.6 Å². The van der Waals surface area contributed by atoms with E-state index in [0.717, 1.165) is 42.3 Å². The van der Waals surface area contributed by atoms with E-state index >= 15 is 0 Å². The second kappa shape index (κ2) is 5.44. The first-order valence-corrected chi connectivity index (χ1v) is 7.56. The minimum Gasteiger partial charge on any atom is -0.364 e. The van der Waals surface area contributed by atoms with E-state index in [4.69, 9.17) is 5.73 Å². The molecule has 2 aromatic heterocycles. The zero-order chi connectivity index (χ0) is 15.9. The first-order chi connectivity index (χ1) is 10.5. The SMILES string of the molecule is CCc1nc(N2CCc3cc(C(N)=O)n(C)c3C2)ncc1C. The highest BCUT2D eigenvalue weighted by molar-refractivity contribution is 5.91. The minimum absolute atomic E-state index is 0.386. The van der Waals surface area contributed by atoms with Gasteiger partial charge in [-0.2, -0.15) is 0 Å². The molecule has 0 radical (unpaired) electrons. The molecule has 0 aromatic carbocycles. The maximum atomic E-state index is 11.5. The molecule has 0 spiro atoms. The number of primary amides is 1. The van der Waals surface area contributed by atoms with Crippen LogP contribution in [0.5, 0.6) is 0 Å². The third kappa shape index (κ3) is 2.34. The molecule has 116 valence electrons. The van der Waals surface area contributed by atoms with Crippen molar-refractivity contribution in [2.45, 2.75) is 33.2 Å². The van der Waals surface area contributed by atoms with Crippen molar-refractivity contribution in [1.29, 1.82) is 0 Å². The first kappa shape index (κ1) is 14.6. The van der Waals surface area contributed by atoms with Gasteiger partial charge in [-0.05, 0) is 37.0 Å². The molecule has 1 aliphatic rings. The molecule has 3 rings (SSSR count). The number of fused-ring (bicyclic) bond motifs is 1. The molecular formula is C16H21N5O. The molecule has 1 amide bonds. The summed E-state index contributed by atoms with van der Waals surface area (Å²) in [6.45, 7) is 5.68. The number of carbonyl (C=O) groups excluding carboxylic acids is 1. The van der Waals surface area contributed by atoms with Crippen molar-refractivity contribution in [2.75, 3.05) is 11.4 Å². The number of carbonyl (C=O) groups is 1. The highest BCUT2D eigenvalue weighted by atomic mass is 16.1. The number of amides is 1. The van der Waals surface area contributed by atoms with Gasteiger partial charge in [-0.1, -0.05) is 6.92 Å². The van der Waals surface area contributed by atoms with E-state index in [0.29, 0.717) is 12.2 Å². The van der Waals surface area contributed by atoms with Crippen LogP contribution in [0.2, 0.25) is 0 Å². The summed E-state index contributed by atoms with van der Waals surface area (Å²) in [5, 5.41) is 0. The second-order valence-electron chi connectivity index (χ2n) is 5.75. The van der Waals surface area contributed by atoms with Crippen molar-refractivity contribution >= 4 is 11.9 Å². The quantitative estimate of drug-likeness (QED) is 0.928. The Morgan fingerprint density at radius 2 is 2.23 bits per heavy atom. The van der Waals surface area contributed by atoms with Crippen LogP contribution in [-0.2, 0) is 26.4 Å². The average molecular weight is 299 g/mol. The van der Waals surface area contributed by atoms with Gasteiger partial charge in [0.1, 0.15) is 5.69 Å². The number of aryl methyl sites for hydroxylation is 2. The van der Waals surface area contributed by atoms with E-state index in [1.165, 1.54) is 5.56 Å². The molecule has 3 heterocycles. The smallest absolute Gasteiger partial charge is 0.265 e. The van der Waals surface area contributed by atoms with Crippen LogP contribution in [0.3, 0.4) is 0 Å². The number of hydrogen-bond donors (Lipinski definition) is 1. The maximum Gasteiger partial charge on any atom is 0.265 e. The Morgan fingerprint density at radius 1 is 1.45 bits per heavy atom. The fourth-order valence-corrected chi connectivity index (χ4v) is 3.03. The predicted octanol–water partition coefficient (Wildman–Crippen LogP) is 1.35. The van der Waals surface area contributed by atoms with Gasteiger partial charge in [-0.25, -0.2) is 9.97 Å². The van der Waals surface area contributed by atoms with Crippen LogP contribution in [-0.4, -0.2) is 27.0 Å². The summed E-state index contributed by atoms with van der Waals surface area (Å²) in [5.74, 6) is 0.373. The lowest BCUT2D eigenvalue weighted by atomic mass is 10.1. The largest absolute Gasteiger partial charge is 0.364 e. The van der Waals surface area contributed by atoms with Crippen molar-refractivity contribution in [3.05, 3.63) is 40.5 Å². The first-order valence-electron chi connectivity index (χ1n) is 7.56. The summed E-state index contributed by atoms with van der Waals surface area (Å²) >= 11 is 0. The highest BCUT2D eigenvalue weighted by Gasteiger charge is 2.24. The molecule has 0 fully saturated rings. The van der Waals surface area contributed by atoms with Gasteiger partial charge in [0, 0.05) is 31.2 Å². The Balaban J connectivity index is 1.92. The molecule has 0 unspecified atom stereocenters. The number of aromatic nitrogens is 3. The van der Waals surface area contributed by atoms with Crippen molar-refractivity contribution in [2.24, 2.45) is 12.8 Å². The molecule has 1 aliphatic heterocycles. The molecule has 22 heavy (non-hydrogen) atoms. The molecule has 6 heteroatoms. The van der Waals surface area contributed by atoms with E-state index in [-0.39, 0.29) is 5.91 Å². The highest BCUT2D eigenvalue weighted by Crippen LogP contribution is 2.25. The van der Waals surface area contributed by atoms with Crippen LogP contribution in [0.25, 0.3) is 0 Å². The van der Waals surface area contributed by atoms with Crippen LogP contribution in [0.1, 0.15) is 39.9 Å². The molecule has 2 aromatic rings. The molecule has 0 aliphatic carbocycles. The van der Waals surface area contributed by atoms with Gasteiger partial charge in [0.2, 0.25) is 5.95 Å². The van der Waals surface area contributed by atoms with Gasteiger partial charge in [0.05, 0.1) is 6.54 Å². The number of nitrogens with zero attached hydrogens (tertiary/aromatic N) is 4. The standard InChI is InChI=1S/C16H21N5O/c1-4-12-10(2)8-18-16(19-12)21-6-5-11-7-13(15(17)22)20(3)14(11)9-21/h7-8H,4-6,9H2,1-3H3,(H2,17,22). The topological polar surface area (TPSA) is 77.0 Å². The van der Waals surface area contributed by atoms with Crippen LogP contribution in [0.15, 0.2) is 12.3 Å². The summed E-state index contributed by atoms with van der Waals surface area (Å²) in [4.78, 5) is 22.8. The van der Waals surface area contributed by atoms with Gasteiger partial charge in [-0.15, -0.1) is 0 Å². The fourth-order valence-electron chi connectivity index (χ4n) is 3.03. The van der Waals surface area contributed by atoms with Crippen LogP contribution in [0, 0.1) is 6.92 Å². The van der Waals surface area contributed by atoms with Crippen molar-refractivity contribution < 1.29 is 4.79 Å². The Hall–Kier alpha value is -2.37. The van der Waals surface area contributed by atoms with Gasteiger partial charge < -0.3 is 15.2 Å². The summed E-state index contributed by atoms with van der Waals surface area (Å²) in [6.07, 6.45) is 3.65. The predicted molar refractivity (Wildman–Crippen MR) is 84.8 cm³/mol. The lowest BCUT2D eigenvalue weighted by Crippen LogP contribution is -2.33. The molecule has 6 nitrogen and oxygen atoms in total. The second-order valence-corrected chi connectivity index (χ2v) is 5.75. The Kier molecular flexibility index (Phi) is 3.60. The van der Waals surface area contributed by atoms with Gasteiger partial charge in [0.15, 0.2) is 0 Å². The van der Waals surface area contributed by atoms with E-state index in [1.807, 2.05) is 30.8 Å². The molecule has 0 bridgehead atoms. The monoisotopic (exact) mass is 299 g/mol. The van der Waals surface area contributed by atoms with Crippen molar-refractivity contribution in [3.63, 3.8) is 0 Å². The van der Waals surface area contributed by atoms with Gasteiger partial charge >= 0.3 is 0 Å². The Bertz CT molecular complexity index is 734. The average Bonchev–Trinajstić information content (AvgIpc) is 2.85. The van der Waals surface area contributed by atoms with E-state index in [9.17, 15) is 4.79 Å². The normalized spacial score (nSPS) is 14.0. The zero-order valence-corrected chi connectivity index (χ0v) is 13.3. The summed E-state index contributed by atoms with van der Waals surface area (Å²) in [7, 11) is 1.88. The minimum atomic E-state index is -0.386. The molecule has 0 saturated carbocycles. The maximum absolute atomic E-state index is 11.5. The molecular weight excluding hydrogens is 278 g/mol. The number of rotatable bonds is 3. The summed E-state index contributed by atoms with van der Waals surface area (Å²) in [6, 6.07) is 1.91. The number of anilines is 1. The van der Waals surface area contributed by atoms with E-state index in [2.05, 4.69) is 21.8 Å². The van der Waals surface area contributed by atoms with Crippen molar-refractivity contribution in [1.82, 2.24) is 14.5 Å². The lowest BCUT2D eigenvalue weighted by Gasteiger charge is -2.28. The lowest BCUT2D eigenvalue weighted by molar-refractivity contribution is 0.0992. The number of nitrogens with two attached hydrogens (primary N) is 1. The zero-order valence-electron chi connectivity index (χ0n) is 13.3. The van der Waals surface area contributed by atoms with E-state index < -0.39 is 0 Å². The summed E-state index contributed by atoms with van der Waals surface area (Å²) in [5.41, 5.74) is 10.5. The van der Waals surface area contributed by atoms with Crippen LogP contribution in [0.4, 0.5) is 5.95 Å². The van der Waals surface area contributed by atoms with Gasteiger partial charge in [0.25, 0.3) is 5.91 Å². The third-order valence-electron chi connectivity index (χ3n) is 4.37. The number of hydrogen-bond acceptors (Lipinski definition) is 4. The third-order valence-corrected chi connectivity index (χ3v) is 4.37. The van der Waals surface area contributed by atoms with E-state index in [1.54, 1.807) is 0 Å². The molecule has 0 atom stereocenters. The Morgan fingerprint density at radius 3 is 2.91 bits per heavy atom. The Labute approximate surface area is 130 Å². The van der Waals surface area contributed by atoms with Gasteiger partial charge in [-0.3, -0.25) is 4.79 Å². The van der Waals surface area contributed by atoms with Crippen molar-refractivity contribution in [3.8, 4) is 0 Å². The molecule has 2 N–H and O–H groups in total. The van der Waals surface area contributed by atoms with Crippen LogP contribution >= 0.6 is 0 Å².